The summed E-state index contributed by atoms with van der Waals surface area (Å²) in [6, 6.07) is 11.9. The number of amides is 1. The summed E-state index contributed by atoms with van der Waals surface area (Å²) in [5.74, 6) is 3.16. The van der Waals surface area contributed by atoms with Gasteiger partial charge in [-0.3, -0.25) is 4.79 Å². The molecular formula is C21H29N5O2. The lowest BCUT2D eigenvalue weighted by molar-refractivity contribution is -0.124. The number of carbonyl (C=O) groups is 1. The summed E-state index contributed by atoms with van der Waals surface area (Å²) in [5, 5.41) is 6.60. The Hall–Kier alpha value is -2.83. The number of rotatable bonds is 7. The summed E-state index contributed by atoms with van der Waals surface area (Å²) in [4.78, 5) is 23.0. The van der Waals surface area contributed by atoms with E-state index in [4.69, 9.17) is 4.74 Å². The molecule has 0 spiro atoms. The molecule has 1 aliphatic rings. The van der Waals surface area contributed by atoms with Crippen LogP contribution in [0.3, 0.4) is 0 Å². The Labute approximate surface area is 166 Å². The molecule has 1 aliphatic carbocycles. The Bertz CT molecular complexity index is 774. The maximum atomic E-state index is 12.1. The Kier molecular flexibility index (Phi) is 6.68. The summed E-state index contributed by atoms with van der Waals surface area (Å²) in [6.45, 7) is 1.96. The highest BCUT2D eigenvalue weighted by Gasteiger charge is 2.23. The van der Waals surface area contributed by atoms with E-state index in [1.165, 1.54) is 0 Å². The lowest BCUT2D eigenvalue weighted by Crippen LogP contribution is -2.42. The predicted molar refractivity (Wildman–Crippen MR) is 111 cm³/mol. The molecule has 28 heavy (non-hydrogen) atoms. The molecule has 2 N–H and O–H groups in total. The van der Waals surface area contributed by atoms with E-state index in [0.717, 1.165) is 43.1 Å². The van der Waals surface area contributed by atoms with Gasteiger partial charge in [-0.15, -0.1) is 0 Å². The predicted octanol–water partition coefficient (Wildman–Crippen LogP) is 2.77. The lowest BCUT2D eigenvalue weighted by atomic mass is 9.91. The van der Waals surface area contributed by atoms with E-state index >= 15 is 0 Å². The normalized spacial score (nSPS) is 19.0. The molecule has 0 atom stereocenters. The molecule has 3 rings (SSSR count). The average Bonchev–Trinajstić information content (AvgIpc) is 2.68. The number of nitrogens with one attached hydrogen (secondary N) is 2. The van der Waals surface area contributed by atoms with Crippen molar-refractivity contribution in [2.45, 2.75) is 44.7 Å². The minimum absolute atomic E-state index is 0.0513. The van der Waals surface area contributed by atoms with Crippen LogP contribution in [0.4, 0.5) is 11.6 Å². The SMILES string of the molecule is Cc1nc(NC2CCC(NC(=O)COc3ccccc3)CC2)cc(N(C)C)n1. The second kappa shape index (κ2) is 9.39. The zero-order chi connectivity index (χ0) is 19.9. The lowest BCUT2D eigenvalue weighted by Gasteiger charge is -2.30. The van der Waals surface area contributed by atoms with Crippen LogP contribution in [0.1, 0.15) is 31.5 Å². The van der Waals surface area contributed by atoms with Crippen molar-refractivity contribution in [3.05, 3.63) is 42.2 Å². The molecule has 1 heterocycles. The van der Waals surface area contributed by atoms with Gasteiger partial charge in [0.1, 0.15) is 23.2 Å². The molecule has 0 aliphatic heterocycles. The van der Waals surface area contributed by atoms with Crippen LogP contribution >= 0.6 is 0 Å². The molecule has 0 unspecified atom stereocenters. The summed E-state index contributed by atoms with van der Waals surface area (Å²) in [7, 11) is 3.95. The first-order valence-electron chi connectivity index (χ1n) is 9.76. The van der Waals surface area contributed by atoms with Crippen molar-refractivity contribution in [3.8, 4) is 5.75 Å². The van der Waals surface area contributed by atoms with Gasteiger partial charge in [-0.1, -0.05) is 18.2 Å². The van der Waals surface area contributed by atoms with E-state index < -0.39 is 0 Å². The van der Waals surface area contributed by atoms with Gasteiger partial charge in [0.05, 0.1) is 0 Å². The monoisotopic (exact) mass is 383 g/mol. The number of benzene rings is 1. The van der Waals surface area contributed by atoms with Crippen molar-refractivity contribution in [3.63, 3.8) is 0 Å². The molecule has 1 aromatic carbocycles. The van der Waals surface area contributed by atoms with Crippen LogP contribution < -0.4 is 20.3 Å². The van der Waals surface area contributed by atoms with E-state index in [1.54, 1.807) is 0 Å². The summed E-state index contributed by atoms with van der Waals surface area (Å²) < 4.78 is 5.51. The van der Waals surface area contributed by atoms with Gasteiger partial charge in [0.2, 0.25) is 0 Å². The van der Waals surface area contributed by atoms with Crippen molar-refractivity contribution in [1.82, 2.24) is 15.3 Å². The Morgan fingerprint density at radius 2 is 1.79 bits per heavy atom. The number of ether oxygens (including phenoxy) is 1. The topological polar surface area (TPSA) is 79.4 Å². The van der Waals surface area contributed by atoms with E-state index in [2.05, 4.69) is 20.6 Å². The second-order valence-electron chi connectivity index (χ2n) is 7.42. The minimum atomic E-state index is -0.0673. The molecule has 2 aromatic rings. The van der Waals surface area contributed by atoms with Crippen LogP contribution in [0.25, 0.3) is 0 Å². The maximum Gasteiger partial charge on any atom is 0.258 e. The molecule has 0 radical (unpaired) electrons. The van der Waals surface area contributed by atoms with Gasteiger partial charge in [0.25, 0.3) is 5.91 Å². The fraction of sp³-hybridized carbons (Fsp3) is 0.476. The summed E-state index contributed by atoms with van der Waals surface area (Å²) >= 11 is 0. The van der Waals surface area contributed by atoms with Crippen molar-refractivity contribution in [1.29, 1.82) is 0 Å². The zero-order valence-electron chi connectivity index (χ0n) is 16.8. The van der Waals surface area contributed by atoms with Gasteiger partial charge in [0.15, 0.2) is 6.61 Å². The molecule has 0 bridgehead atoms. The first-order chi connectivity index (χ1) is 13.5. The van der Waals surface area contributed by atoms with E-state index in [0.29, 0.717) is 11.8 Å². The Morgan fingerprint density at radius 3 is 2.46 bits per heavy atom. The summed E-state index contributed by atoms with van der Waals surface area (Å²) in [5.41, 5.74) is 0. The molecule has 1 saturated carbocycles. The van der Waals surface area contributed by atoms with Crippen molar-refractivity contribution in [2.75, 3.05) is 30.9 Å². The molecule has 1 amide bonds. The van der Waals surface area contributed by atoms with Crippen LogP contribution in [0.15, 0.2) is 36.4 Å². The molecule has 0 saturated heterocycles. The highest BCUT2D eigenvalue weighted by Crippen LogP contribution is 2.23. The standard InChI is InChI=1S/C21H29N5O2/c1-15-22-19(13-20(23-15)26(2)3)24-16-9-11-17(12-10-16)25-21(27)14-28-18-7-5-4-6-8-18/h4-8,13,16-17H,9-12,14H2,1-3H3,(H,25,27)(H,22,23,24). The molecule has 7 heteroatoms. The Balaban J connectivity index is 1.42. The van der Waals surface area contributed by atoms with E-state index in [9.17, 15) is 4.79 Å². The quantitative estimate of drug-likeness (QED) is 0.765. The smallest absolute Gasteiger partial charge is 0.258 e. The average molecular weight is 383 g/mol. The fourth-order valence-electron chi connectivity index (χ4n) is 3.38. The largest absolute Gasteiger partial charge is 0.484 e. The number of para-hydroxylation sites is 1. The third kappa shape index (κ3) is 5.84. The highest BCUT2D eigenvalue weighted by atomic mass is 16.5. The number of anilines is 2. The van der Waals surface area contributed by atoms with Crippen molar-refractivity contribution in [2.24, 2.45) is 0 Å². The third-order valence-electron chi connectivity index (χ3n) is 4.84. The number of aryl methyl sites for hydroxylation is 1. The van der Waals surface area contributed by atoms with Crippen LogP contribution in [0.5, 0.6) is 5.75 Å². The van der Waals surface area contributed by atoms with E-state index in [-0.39, 0.29) is 18.6 Å². The van der Waals surface area contributed by atoms with Crippen LogP contribution in [-0.4, -0.2) is 48.7 Å². The fourth-order valence-corrected chi connectivity index (χ4v) is 3.38. The highest BCUT2D eigenvalue weighted by molar-refractivity contribution is 5.77. The molecular weight excluding hydrogens is 354 g/mol. The number of carbonyl (C=O) groups excluding carboxylic acids is 1. The van der Waals surface area contributed by atoms with Gasteiger partial charge in [-0.05, 0) is 44.7 Å². The number of hydrogen-bond acceptors (Lipinski definition) is 6. The van der Waals surface area contributed by atoms with Gasteiger partial charge >= 0.3 is 0 Å². The first-order valence-corrected chi connectivity index (χ1v) is 9.76. The van der Waals surface area contributed by atoms with Gasteiger partial charge in [-0.25, -0.2) is 9.97 Å². The van der Waals surface area contributed by atoms with E-state index in [1.807, 2.05) is 62.3 Å². The van der Waals surface area contributed by atoms with Crippen LogP contribution in [0.2, 0.25) is 0 Å². The van der Waals surface area contributed by atoms with Crippen molar-refractivity contribution >= 4 is 17.5 Å². The second-order valence-corrected chi connectivity index (χ2v) is 7.42. The summed E-state index contributed by atoms with van der Waals surface area (Å²) in [6.07, 6.45) is 3.87. The van der Waals surface area contributed by atoms with Crippen LogP contribution in [0, 0.1) is 6.92 Å². The van der Waals surface area contributed by atoms with Gasteiger partial charge < -0.3 is 20.3 Å². The van der Waals surface area contributed by atoms with Crippen molar-refractivity contribution < 1.29 is 9.53 Å². The third-order valence-corrected chi connectivity index (χ3v) is 4.84. The molecule has 150 valence electrons. The van der Waals surface area contributed by atoms with Gasteiger partial charge in [0, 0.05) is 32.2 Å². The molecule has 1 fully saturated rings. The first kappa shape index (κ1) is 19.9. The maximum absolute atomic E-state index is 12.1. The Morgan fingerprint density at radius 1 is 1.11 bits per heavy atom. The minimum Gasteiger partial charge on any atom is -0.484 e. The number of hydrogen-bond donors (Lipinski definition) is 2. The molecule has 1 aromatic heterocycles. The molecule has 7 nitrogen and oxygen atoms in total. The number of aromatic nitrogens is 2. The number of nitrogens with zero attached hydrogens (tertiary/aromatic N) is 3. The van der Waals surface area contributed by atoms with Gasteiger partial charge in [-0.2, -0.15) is 0 Å². The zero-order valence-corrected chi connectivity index (χ0v) is 16.8. The van der Waals surface area contributed by atoms with Crippen LogP contribution in [-0.2, 0) is 4.79 Å².